The molecule has 1 unspecified atom stereocenters. The van der Waals surface area contributed by atoms with Gasteiger partial charge >= 0.3 is 0 Å². The van der Waals surface area contributed by atoms with Crippen molar-refractivity contribution in [3.8, 4) is 0 Å². The predicted octanol–water partition coefficient (Wildman–Crippen LogP) is 3.89. The summed E-state index contributed by atoms with van der Waals surface area (Å²) in [6.45, 7) is 5.46. The maximum absolute atomic E-state index is 13.6. The first-order valence-electron chi connectivity index (χ1n) is 6.43. The van der Waals surface area contributed by atoms with E-state index in [1.165, 1.54) is 6.07 Å². The molecule has 19 heavy (non-hydrogen) atoms. The minimum Gasteiger partial charge on any atom is -0.385 e. The van der Waals surface area contributed by atoms with Crippen LogP contribution < -0.4 is 0 Å². The van der Waals surface area contributed by atoms with Crippen molar-refractivity contribution in [2.45, 2.75) is 32.8 Å². The zero-order valence-electron chi connectivity index (χ0n) is 11.6. The zero-order valence-corrected chi connectivity index (χ0v) is 11.6. The maximum Gasteiger partial charge on any atom is 0.126 e. The van der Waals surface area contributed by atoms with Gasteiger partial charge in [-0.25, -0.2) is 4.39 Å². The van der Waals surface area contributed by atoms with E-state index in [-0.39, 0.29) is 5.82 Å². The molecule has 0 bridgehead atoms. The largest absolute Gasteiger partial charge is 0.385 e. The maximum atomic E-state index is 13.6. The normalized spacial score (nSPS) is 14.2. The Labute approximate surface area is 113 Å². The number of halogens is 1. The van der Waals surface area contributed by atoms with E-state index in [0.29, 0.717) is 17.5 Å². The van der Waals surface area contributed by atoms with Crippen LogP contribution in [0.25, 0.3) is 0 Å². The Morgan fingerprint density at radius 1 is 1.11 bits per heavy atom. The van der Waals surface area contributed by atoms with Gasteiger partial charge in [0.25, 0.3) is 0 Å². The summed E-state index contributed by atoms with van der Waals surface area (Å²) in [5.74, 6) is -0.276. The van der Waals surface area contributed by atoms with E-state index in [1.54, 1.807) is 26.0 Å². The fraction of sp³-hybridized carbons (Fsp3) is 0.294. The Hall–Kier alpha value is -1.67. The molecule has 0 aliphatic heterocycles. The van der Waals surface area contributed by atoms with Crippen LogP contribution >= 0.6 is 0 Å². The number of aliphatic hydroxyl groups is 1. The van der Waals surface area contributed by atoms with E-state index in [9.17, 15) is 9.50 Å². The second-order valence-corrected chi connectivity index (χ2v) is 5.40. The van der Waals surface area contributed by atoms with Crippen LogP contribution in [0.1, 0.15) is 29.2 Å². The molecule has 1 nitrogen and oxygen atoms in total. The molecule has 0 saturated carbocycles. The van der Waals surface area contributed by atoms with Crippen LogP contribution in [0.15, 0.2) is 42.5 Å². The van der Waals surface area contributed by atoms with Crippen LogP contribution in [0.2, 0.25) is 0 Å². The van der Waals surface area contributed by atoms with Gasteiger partial charge in [-0.1, -0.05) is 42.0 Å². The number of rotatable bonds is 3. The van der Waals surface area contributed by atoms with Crippen LogP contribution in [-0.2, 0) is 12.0 Å². The van der Waals surface area contributed by atoms with Gasteiger partial charge in [0.1, 0.15) is 5.82 Å². The van der Waals surface area contributed by atoms with Crippen LogP contribution in [0.3, 0.4) is 0 Å². The summed E-state index contributed by atoms with van der Waals surface area (Å²) in [6.07, 6.45) is 0.469. The van der Waals surface area contributed by atoms with Crippen molar-refractivity contribution < 1.29 is 9.50 Å². The summed E-state index contributed by atoms with van der Waals surface area (Å²) in [4.78, 5) is 0. The van der Waals surface area contributed by atoms with E-state index in [2.05, 4.69) is 0 Å². The lowest BCUT2D eigenvalue weighted by Gasteiger charge is -2.24. The second-order valence-electron chi connectivity index (χ2n) is 5.40. The first-order valence-corrected chi connectivity index (χ1v) is 6.43. The van der Waals surface area contributed by atoms with Crippen molar-refractivity contribution in [1.29, 1.82) is 0 Å². The monoisotopic (exact) mass is 258 g/mol. The van der Waals surface area contributed by atoms with Gasteiger partial charge in [0.2, 0.25) is 0 Å². The molecule has 0 saturated heterocycles. The molecule has 0 fully saturated rings. The minimum atomic E-state index is -1.07. The predicted molar refractivity (Wildman–Crippen MR) is 75.6 cm³/mol. The smallest absolute Gasteiger partial charge is 0.126 e. The minimum absolute atomic E-state index is 0.276. The highest BCUT2D eigenvalue weighted by Crippen LogP contribution is 2.27. The Kier molecular flexibility index (Phi) is 3.72. The molecule has 100 valence electrons. The summed E-state index contributed by atoms with van der Waals surface area (Å²) in [6, 6.07) is 12.9. The van der Waals surface area contributed by atoms with Crippen molar-refractivity contribution in [2.24, 2.45) is 0 Å². The third-order valence-corrected chi connectivity index (χ3v) is 3.42. The topological polar surface area (TPSA) is 20.2 Å². The molecule has 0 amide bonds. The lowest BCUT2D eigenvalue weighted by atomic mass is 9.88. The summed E-state index contributed by atoms with van der Waals surface area (Å²) in [5.41, 5.74) is 2.34. The van der Waals surface area contributed by atoms with Crippen molar-refractivity contribution >= 4 is 0 Å². The SMILES string of the molecule is Cc1cccc(CC(C)(O)c2ccc(C)c(F)c2)c1. The molecule has 1 N–H and O–H groups in total. The summed E-state index contributed by atoms with van der Waals surface area (Å²) < 4.78 is 13.6. The van der Waals surface area contributed by atoms with E-state index in [0.717, 1.165) is 11.1 Å². The number of benzene rings is 2. The van der Waals surface area contributed by atoms with Gasteiger partial charge in [0.15, 0.2) is 0 Å². The summed E-state index contributed by atoms with van der Waals surface area (Å²) >= 11 is 0. The number of hydrogen-bond acceptors (Lipinski definition) is 1. The van der Waals surface area contributed by atoms with Crippen molar-refractivity contribution in [3.63, 3.8) is 0 Å². The quantitative estimate of drug-likeness (QED) is 0.885. The molecule has 0 heterocycles. The fourth-order valence-corrected chi connectivity index (χ4v) is 2.25. The van der Waals surface area contributed by atoms with Gasteiger partial charge in [-0.3, -0.25) is 0 Å². The lowest BCUT2D eigenvalue weighted by Crippen LogP contribution is -2.24. The molecule has 0 radical (unpaired) electrons. The van der Waals surface area contributed by atoms with Gasteiger partial charge < -0.3 is 5.11 Å². The highest BCUT2D eigenvalue weighted by Gasteiger charge is 2.24. The Bertz CT molecular complexity index is 588. The Morgan fingerprint density at radius 2 is 1.84 bits per heavy atom. The van der Waals surface area contributed by atoms with Gasteiger partial charge in [-0.05, 0) is 43.5 Å². The molecule has 0 spiro atoms. The molecule has 1 atom stereocenters. The molecule has 2 rings (SSSR count). The number of hydrogen-bond donors (Lipinski definition) is 1. The van der Waals surface area contributed by atoms with Gasteiger partial charge in [-0.2, -0.15) is 0 Å². The first kappa shape index (κ1) is 13.8. The van der Waals surface area contributed by atoms with Gasteiger partial charge in [-0.15, -0.1) is 0 Å². The molecule has 0 aliphatic carbocycles. The molecular weight excluding hydrogens is 239 g/mol. The molecule has 2 heteroatoms. The van der Waals surface area contributed by atoms with Crippen molar-refractivity contribution in [1.82, 2.24) is 0 Å². The fourth-order valence-electron chi connectivity index (χ4n) is 2.25. The lowest BCUT2D eigenvalue weighted by molar-refractivity contribution is 0.0573. The van der Waals surface area contributed by atoms with Gasteiger partial charge in [0.05, 0.1) is 5.60 Å². The Morgan fingerprint density at radius 3 is 2.47 bits per heavy atom. The van der Waals surface area contributed by atoms with Crippen LogP contribution in [-0.4, -0.2) is 5.11 Å². The first-order chi connectivity index (χ1) is 8.88. The molecule has 2 aromatic carbocycles. The molecule has 0 aliphatic rings. The van der Waals surface area contributed by atoms with Crippen molar-refractivity contribution in [2.75, 3.05) is 0 Å². The third-order valence-electron chi connectivity index (χ3n) is 3.42. The molecule has 2 aromatic rings. The third kappa shape index (κ3) is 3.21. The van der Waals surface area contributed by atoms with E-state index in [4.69, 9.17) is 0 Å². The summed E-state index contributed by atoms with van der Waals surface area (Å²) in [7, 11) is 0. The average Bonchev–Trinajstić information content (AvgIpc) is 2.32. The highest BCUT2D eigenvalue weighted by atomic mass is 19.1. The number of aryl methyl sites for hydroxylation is 2. The highest BCUT2D eigenvalue weighted by molar-refractivity contribution is 5.31. The second kappa shape index (κ2) is 5.14. The zero-order chi connectivity index (χ0) is 14.0. The van der Waals surface area contributed by atoms with E-state index >= 15 is 0 Å². The van der Waals surface area contributed by atoms with Gasteiger partial charge in [0, 0.05) is 6.42 Å². The van der Waals surface area contributed by atoms with Crippen molar-refractivity contribution in [3.05, 3.63) is 70.5 Å². The standard InChI is InChI=1S/C17H19FO/c1-12-5-4-6-14(9-12)11-17(3,19)15-8-7-13(2)16(18)10-15/h4-10,19H,11H2,1-3H3. The average molecular weight is 258 g/mol. The van der Waals surface area contributed by atoms with E-state index in [1.807, 2.05) is 31.2 Å². The summed E-state index contributed by atoms with van der Waals surface area (Å²) in [5, 5.41) is 10.6. The molecule has 0 aromatic heterocycles. The van der Waals surface area contributed by atoms with E-state index < -0.39 is 5.60 Å². The van der Waals surface area contributed by atoms with Crippen LogP contribution in [0.5, 0.6) is 0 Å². The van der Waals surface area contributed by atoms with Crippen LogP contribution in [0, 0.1) is 19.7 Å². The Balaban J connectivity index is 2.29. The van der Waals surface area contributed by atoms with Crippen LogP contribution in [0.4, 0.5) is 4.39 Å². The molecular formula is C17H19FO.